The third-order valence-corrected chi connectivity index (χ3v) is 8.47. The number of fused-ring (bicyclic) bond motifs is 1. The molecule has 0 radical (unpaired) electrons. The summed E-state index contributed by atoms with van der Waals surface area (Å²) in [7, 11) is -3.44. The maximum atomic E-state index is 13.3. The zero-order chi connectivity index (χ0) is 24.3. The first-order chi connectivity index (χ1) is 16.2. The third kappa shape index (κ3) is 5.51. The fourth-order valence-corrected chi connectivity index (χ4v) is 6.29. The molecule has 0 atom stereocenters. The summed E-state index contributed by atoms with van der Waals surface area (Å²) >= 11 is 1.48. The molecule has 2 aromatic carbocycles. The molecule has 4 aromatic rings. The summed E-state index contributed by atoms with van der Waals surface area (Å²) in [4.78, 5) is 24.1. The first-order valence-corrected chi connectivity index (χ1v) is 13.6. The zero-order valence-electron chi connectivity index (χ0n) is 19.5. The molecule has 176 valence electrons. The molecule has 0 aliphatic rings. The number of carbonyl (C=O) groups excluding carboxylic acids is 1. The second-order valence-corrected chi connectivity index (χ2v) is 11.6. The normalized spacial score (nSPS) is 11.6. The summed E-state index contributed by atoms with van der Waals surface area (Å²) in [6, 6.07) is 14.7. The molecule has 4 rings (SSSR count). The van der Waals surface area contributed by atoms with E-state index in [1.807, 2.05) is 32.9 Å². The van der Waals surface area contributed by atoms with Crippen molar-refractivity contribution in [2.75, 3.05) is 10.7 Å². The number of carbonyl (C=O) groups is 1. The van der Waals surface area contributed by atoms with Gasteiger partial charge in [-0.2, -0.15) is 0 Å². The summed E-state index contributed by atoms with van der Waals surface area (Å²) in [6.45, 7) is 6.32. The summed E-state index contributed by atoms with van der Waals surface area (Å²) < 4.78 is 26.4. The van der Waals surface area contributed by atoms with Crippen LogP contribution in [-0.4, -0.2) is 30.0 Å². The van der Waals surface area contributed by atoms with E-state index >= 15 is 0 Å². The van der Waals surface area contributed by atoms with Gasteiger partial charge in [0.25, 0.3) is 0 Å². The molecule has 0 fully saturated rings. The molecule has 1 amide bonds. The van der Waals surface area contributed by atoms with Gasteiger partial charge in [-0.25, -0.2) is 13.4 Å². The lowest BCUT2D eigenvalue weighted by Crippen LogP contribution is -2.30. The standard InChI is InChI=1S/C26H27N3O3S2/c1-18-6-8-22(9-7-18)34(31,32)14-4-5-24(30)29(17-21-10-12-27-13-11-21)26-28-25-20(3)15-19(2)16-23(25)33-26/h6-13,15-16H,4-5,14,17H2,1-3H3. The molecule has 0 unspecified atom stereocenters. The van der Waals surface area contributed by atoms with Gasteiger partial charge in [-0.05, 0) is 74.2 Å². The molecule has 0 saturated heterocycles. The SMILES string of the molecule is Cc1ccc(S(=O)(=O)CCCC(=O)N(Cc2ccncc2)c2nc3c(C)cc(C)cc3s2)cc1. The predicted octanol–water partition coefficient (Wildman–Crippen LogP) is 5.40. The van der Waals surface area contributed by atoms with Crippen LogP contribution in [0, 0.1) is 20.8 Å². The molecule has 0 bridgehead atoms. The van der Waals surface area contributed by atoms with Crippen LogP contribution in [0.25, 0.3) is 10.2 Å². The van der Waals surface area contributed by atoms with Gasteiger partial charge in [-0.15, -0.1) is 0 Å². The Hall–Kier alpha value is -3.10. The zero-order valence-corrected chi connectivity index (χ0v) is 21.1. The number of rotatable bonds is 8. The van der Waals surface area contributed by atoms with E-state index in [0.717, 1.165) is 32.5 Å². The highest BCUT2D eigenvalue weighted by atomic mass is 32.2. The maximum absolute atomic E-state index is 13.3. The van der Waals surface area contributed by atoms with Crippen molar-refractivity contribution in [1.82, 2.24) is 9.97 Å². The van der Waals surface area contributed by atoms with Crippen molar-refractivity contribution in [1.29, 1.82) is 0 Å². The Labute approximate surface area is 204 Å². The molecule has 2 aromatic heterocycles. The second-order valence-electron chi connectivity index (χ2n) is 8.50. The summed E-state index contributed by atoms with van der Waals surface area (Å²) in [5.41, 5.74) is 5.04. The van der Waals surface area contributed by atoms with E-state index in [9.17, 15) is 13.2 Å². The van der Waals surface area contributed by atoms with Gasteiger partial charge in [0.05, 0.1) is 27.4 Å². The Bertz CT molecular complexity index is 1410. The lowest BCUT2D eigenvalue weighted by atomic mass is 10.1. The summed E-state index contributed by atoms with van der Waals surface area (Å²) in [5.74, 6) is -0.229. The fourth-order valence-electron chi connectivity index (χ4n) is 3.82. The Morgan fingerprint density at radius 2 is 1.68 bits per heavy atom. The molecule has 0 N–H and O–H groups in total. The van der Waals surface area contributed by atoms with Crippen LogP contribution in [0.5, 0.6) is 0 Å². The number of pyridine rings is 1. The van der Waals surface area contributed by atoms with Crippen molar-refractivity contribution >= 4 is 42.4 Å². The number of hydrogen-bond acceptors (Lipinski definition) is 6. The molecule has 0 aliphatic carbocycles. The molecular weight excluding hydrogens is 466 g/mol. The molecule has 0 saturated carbocycles. The fraction of sp³-hybridized carbons (Fsp3) is 0.269. The smallest absolute Gasteiger partial charge is 0.229 e. The van der Waals surface area contributed by atoms with E-state index in [4.69, 9.17) is 4.98 Å². The van der Waals surface area contributed by atoms with Crippen molar-refractivity contribution in [2.45, 2.75) is 45.1 Å². The Balaban J connectivity index is 1.55. The minimum Gasteiger partial charge on any atom is -0.284 e. The molecule has 0 aliphatic heterocycles. The Morgan fingerprint density at radius 1 is 0.971 bits per heavy atom. The number of hydrogen-bond donors (Lipinski definition) is 0. The number of sulfone groups is 1. The number of anilines is 1. The average Bonchev–Trinajstić information content (AvgIpc) is 3.22. The maximum Gasteiger partial charge on any atom is 0.229 e. The van der Waals surface area contributed by atoms with Gasteiger partial charge in [0.2, 0.25) is 5.91 Å². The minimum atomic E-state index is -3.44. The molecular formula is C26H27N3O3S2. The Kier molecular flexibility index (Phi) is 7.09. The van der Waals surface area contributed by atoms with Crippen LogP contribution in [0.15, 0.2) is 65.8 Å². The van der Waals surface area contributed by atoms with Crippen LogP contribution in [0.2, 0.25) is 0 Å². The number of benzene rings is 2. The van der Waals surface area contributed by atoms with Gasteiger partial charge < -0.3 is 0 Å². The van der Waals surface area contributed by atoms with Gasteiger partial charge in [0, 0.05) is 18.8 Å². The molecule has 0 spiro atoms. The van der Waals surface area contributed by atoms with Crippen LogP contribution in [0.3, 0.4) is 0 Å². The minimum absolute atomic E-state index is 0.0803. The first-order valence-electron chi connectivity index (χ1n) is 11.1. The number of nitrogens with zero attached hydrogens (tertiary/aromatic N) is 3. The van der Waals surface area contributed by atoms with E-state index in [2.05, 4.69) is 17.1 Å². The number of thiazole rings is 1. The number of aromatic nitrogens is 2. The topological polar surface area (TPSA) is 80.2 Å². The van der Waals surface area contributed by atoms with E-state index in [0.29, 0.717) is 11.7 Å². The summed E-state index contributed by atoms with van der Waals surface area (Å²) in [5, 5.41) is 0.618. The predicted molar refractivity (Wildman–Crippen MR) is 137 cm³/mol. The van der Waals surface area contributed by atoms with Gasteiger partial charge in [0.1, 0.15) is 0 Å². The molecule has 6 nitrogen and oxygen atoms in total. The van der Waals surface area contributed by atoms with Crippen molar-refractivity contribution in [3.63, 3.8) is 0 Å². The van der Waals surface area contributed by atoms with Crippen molar-refractivity contribution < 1.29 is 13.2 Å². The van der Waals surface area contributed by atoms with Gasteiger partial charge >= 0.3 is 0 Å². The third-order valence-electron chi connectivity index (χ3n) is 5.62. The van der Waals surface area contributed by atoms with E-state index in [-0.39, 0.29) is 29.4 Å². The van der Waals surface area contributed by atoms with Gasteiger partial charge in [-0.3, -0.25) is 14.7 Å². The van der Waals surface area contributed by atoms with Crippen LogP contribution in [-0.2, 0) is 21.2 Å². The number of aryl methyl sites for hydroxylation is 3. The molecule has 8 heteroatoms. The first kappa shape index (κ1) is 24.0. The monoisotopic (exact) mass is 493 g/mol. The number of amides is 1. The molecule has 34 heavy (non-hydrogen) atoms. The van der Waals surface area contributed by atoms with Crippen molar-refractivity contribution in [3.05, 3.63) is 83.2 Å². The van der Waals surface area contributed by atoms with Crippen LogP contribution in [0.4, 0.5) is 5.13 Å². The van der Waals surface area contributed by atoms with E-state index in [1.54, 1.807) is 41.6 Å². The average molecular weight is 494 g/mol. The second kappa shape index (κ2) is 10.0. The molecule has 2 heterocycles. The van der Waals surface area contributed by atoms with Gasteiger partial charge in [-0.1, -0.05) is 35.1 Å². The van der Waals surface area contributed by atoms with Crippen LogP contribution < -0.4 is 4.90 Å². The lowest BCUT2D eigenvalue weighted by Gasteiger charge is -2.20. The van der Waals surface area contributed by atoms with Gasteiger partial charge in [0.15, 0.2) is 15.0 Å². The van der Waals surface area contributed by atoms with Crippen LogP contribution in [0.1, 0.15) is 35.1 Å². The van der Waals surface area contributed by atoms with Crippen LogP contribution >= 0.6 is 11.3 Å². The van der Waals surface area contributed by atoms with Crippen molar-refractivity contribution in [2.24, 2.45) is 0 Å². The summed E-state index contributed by atoms with van der Waals surface area (Å²) in [6.07, 6.45) is 3.74. The highest BCUT2D eigenvalue weighted by Gasteiger charge is 2.22. The lowest BCUT2D eigenvalue weighted by molar-refractivity contribution is -0.118. The van der Waals surface area contributed by atoms with Crippen molar-refractivity contribution in [3.8, 4) is 0 Å². The largest absolute Gasteiger partial charge is 0.284 e. The van der Waals surface area contributed by atoms with E-state index < -0.39 is 9.84 Å². The Morgan fingerprint density at radius 3 is 2.38 bits per heavy atom. The highest BCUT2D eigenvalue weighted by Crippen LogP contribution is 2.33. The van der Waals surface area contributed by atoms with E-state index in [1.165, 1.54) is 11.3 Å². The highest BCUT2D eigenvalue weighted by molar-refractivity contribution is 7.91. The quantitative estimate of drug-likeness (QED) is 0.328.